The number of nitrogens with one attached hydrogen (secondary N) is 1. The highest BCUT2D eigenvalue weighted by Crippen LogP contribution is 2.26. The monoisotopic (exact) mass is 421 g/mol. The molecule has 0 unspecified atom stereocenters. The standard InChI is InChI=1S/C28H28N4/c1-3-9-22(10-4-1)23-13-15-24(16-14-23)25-21-32-27-12-6-5-11-26(27)31(28(32)29-25)20-19-30-17-7-2-8-18-30/h1,3-6,9-16,21H,2,7-8,17-20H2/p+1. The number of nitrogens with zero attached hydrogens (tertiary/aromatic N) is 3. The van der Waals surface area contributed by atoms with E-state index in [0.717, 1.165) is 24.6 Å². The van der Waals surface area contributed by atoms with E-state index in [4.69, 9.17) is 0 Å². The van der Waals surface area contributed by atoms with Gasteiger partial charge in [0.25, 0.3) is 0 Å². The first-order valence-corrected chi connectivity index (χ1v) is 11.8. The molecule has 0 radical (unpaired) electrons. The Bertz CT molecular complexity index is 1340. The molecular formula is C28H29N4+. The van der Waals surface area contributed by atoms with Crippen LogP contribution in [0.15, 0.2) is 85.1 Å². The van der Waals surface area contributed by atoms with Crippen LogP contribution in [0.5, 0.6) is 0 Å². The van der Waals surface area contributed by atoms with Gasteiger partial charge in [-0.05, 0) is 49.2 Å². The summed E-state index contributed by atoms with van der Waals surface area (Å²) in [5, 5.41) is 0. The fraction of sp³-hybridized carbons (Fsp3) is 0.250. The average molecular weight is 422 g/mol. The molecule has 0 aliphatic carbocycles. The van der Waals surface area contributed by atoms with Crippen molar-refractivity contribution >= 4 is 16.8 Å². The molecule has 4 nitrogen and oxygen atoms in total. The number of aromatic nitrogens is 3. The largest absolute Gasteiger partial charge is 0.368 e. The van der Waals surface area contributed by atoms with Crippen LogP contribution in [0.4, 0.5) is 0 Å². The predicted octanol–water partition coefficient (Wildman–Crippen LogP) is 5.53. The van der Waals surface area contributed by atoms with Gasteiger partial charge in [-0.15, -0.1) is 0 Å². The van der Waals surface area contributed by atoms with Gasteiger partial charge in [0, 0.05) is 12.1 Å². The average Bonchev–Trinajstić information content (AvgIpc) is 3.42. The lowest BCUT2D eigenvalue weighted by atomic mass is 10.0. The quantitative estimate of drug-likeness (QED) is 0.371. The van der Waals surface area contributed by atoms with Gasteiger partial charge >= 0.3 is 5.78 Å². The minimum Gasteiger partial charge on any atom is -0.300 e. The van der Waals surface area contributed by atoms with Gasteiger partial charge in [-0.25, -0.2) is 9.55 Å². The lowest BCUT2D eigenvalue weighted by Crippen LogP contribution is -2.42. The van der Waals surface area contributed by atoms with E-state index in [1.807, 2.05) is 0 Å². The topological polar surface area (TPSA) is 27.3 Å². The van der Waals surface area contributed by atoms with E-state index in [1.54, 1.807) is 0 Å². The summed E-state index contributed by atoms with van der Waals surface area (Å²) in [5.74, 6) is 1.16. The normalized spacial score (nSPS) is 15.0. The van der Waals surface area contributed by atoms with Gasteiger partial charge in [-0.2, -0.15) is 4.40 Å². The Kier molecular flexibility index (Phi) is 5.00. The summed E-state index contributed by atoms with van der Waals surface area (Å²) in [6.45, 7) is 4.58. The molecule has 0 bridgehead atoms. The zero-order valence-electron chi connectivity index (χ0n) is 18.4. The smallest absolute Gasteiger partial charge is 0.300 e. The molecule has 4 heteroatoms. The van der Waals surface area contributed by atoms with Gasteiger partial charge in [0.15, 0.2) is 0 Å². The van der Waals surface area contributed by atoms with Crippen molar-refractivity contribution in [3.63, 3.8) is 0 Å². The molecule has 1 fully saturated rings. The first-order valence-electron chi connectivity index (χ1n) is 11.8. The fourth-order valence-electron chi connectivity index (χ4n) is 5.06. The number of para-hydroxylation sites is 2. The van der Waals surface area contributed by atoms with Gasteiger partial charge < -0.3 is 4.90 Å². The van der Waals surface area contributed by atoms with E-state index in [2.05, 4.69) is 104 Å². The maximum Gasteiger partial charge on any atom is 0.368 e. The van der Waals surface area contributed by atoms with Crippen LogP contribution in [0.2, 0.25) is 0 Å². The third-order valence-electron chi connectivity index (χ3n) is 6.81. The lowest BCUT2D eigenvalue weighted by molar-refractivity contribution is -0.647. The third-order valence-corrected chi connectivity index (χ3v) is 6.81. The Labute approximate surface area is 188 Å². The minimum atomic E-state index is 1.00. The van der Waals surface area contributed by atoms with Crippen LogP contribution in [0, 0.1) is 0 Å². The summed E-state index contributed by atoms with van der Waals surface area (Å²) in [6.07, 6.45) is 6.29. The molecule has 0 amide bonds. The highest BCUT2D eigenvalue weighted by atomic mass is 15.2. The number of rotatable bonds is 5. The van der Waals surface area contributed by atoms with Crippen LogP contribution in [0.25, 0.3) is 39.2 Å². The van der Waals surface area contributed by atoms with Crippen molar-refractivity contribution in [1.82, 2.24) is 14.3 Å². The number of imidazole rings is 2. The summed E-state index contributed by atoms with van der Waals surface area (Å²) in [4.78, 5) is 6.34. The molecule has 0 atom stereocenters. The van der Waals surface area contributed by atoms with Crippen molar-refractivity contribution in [2.75, 3.05) is 19.6 Å². The molecule has 1 aliphatic heterocycles. The minimum absolute atomic E-state index is 1.00. The number of fused-ring (bicyclic) bond motifs is 3. The highest BCUT2D eigenvalue weighted by Gasteiger charge is 2.22. The van der Waals surface area contributed by atoms with E-state index < -0.39 is 0 Å². The summed E-state index contributed by atoms with van der Waals surface area (Å²) in [5.41, 5.74) is 7.40. The number of piperidine rings is 1. The first-order chi connectivity index (χ1) is 15.9. The number of hydrogen-bond acceptors (Lipinski definition) is 1. The van der Waals surface area contributed by atoms with Crippen molar-refractivity contribution in [2.24, 2.45) is 0 Å². The molecule has 0 spiro atoms. The number of hydrogen-bond donors (Lipinski definition) is 1. The summed E-state index contributed by atoms with van der Waals surface area (Å²) >= 11 is 0. The summed E-state index contributed by atoms with van der Waals surface area (Å²) in [6, 6.07) is 28.1. The molecule has 160 valence electrons. The number of aromatic amines is 1. The van der Waals surface area contributed by atoms with Crippen molar-refractivity contribution in [3.05, 3.63) is 85.1 Å². The zero-order valence-corrected chi connectivity index (χ0v) is 18.4. The van der Waals surface area contributed by atoms with E-state index in [-0.39, 0.29) is 0 Å². The van der Waals surface area contributed by atoms with Gasteiger partial charge in [0.2, 0.25) is 0 Å². The van der Waals surface area contributed by atoms with Crippen LogP contribution in [0.1, 0.15) is 19.3 Å². The molecule has 2 aromatic heterocycles. The molecule has 1 aliphatic rings. The Balaban J connectivity index is 1.35. The molecule has 0 saturated carbocycles. The predicted molar refractivity (Wildman–Crippen MR) is 131 cm³/mol. The number of likely N-dealkylation sites (tertiary alicyclic amines) is 1. The second-order valence-electron chi connectivity index (χ2n) is 8.85. The number of benzene rings is 3. The van der Waals surface area contributed by atoms with Crippen LogP contribution < -0.4 is 4.57 Å². The second-order valence-corrected chi connectivity index (χ2v) is 8.85. The van der Waals surface area contributed by atoms with E-state index in [9.17, 15) is 0 Å². The van der Waals surface area contributed by atoms with Crippen LogP contribution >= 0.6 is 0 Å². The Morgan fingerprint density at radius 3 is 2.22 bits per heavy atom. The molecular weight excluding hydrogens is 392 g/mol. The van der Waals surface area contributed by atoms with E-state index in [0.29, 0.717) is 0 Å². The van der Waals surface area contributed by atoms with E-state index in [1.165, 1.54) is 60.1 Å². The maximum absolute atomic E-state index is 3.72. The number of H-pyrrole nitrogens is 1. The van der Waals surface area contributed by atoms with Crippen LogP contribution in [-0.2, 0) is 6.54 Å². The van der Waals surface area contributed by atoms with Gasteiger partial charge in [0.1, 0.15) is 22.9 Å². The van der Waals surface area contributed by atoms with Gasteiger partial charge in [-0.1, -0.05) is 73.2 Å². The molecule has 3 aromatic carbocycles. The molecule has 1 saturated heterocycles. The van der Waals surface area contributed by atoms with E-state index >= 15 is 0 Å². The van der Waals surface area contributed by atoms with Crippen molar-refractivity contribution in [1.29, 1.82) is 0 Å². The van der Waals surface area contributed by atoms with Gasteiger partial charge in [0.05, 0.1) is 6.54 Å². The molecule has 6 rings (SSSR count). The first kappa shape index (κ1) is 19.3. The van der Waals surface area contributed by atoms with Crippen LogP contribution in [0.3, 0.4) is 0 Å². The van der Waals surface area contributed by atoms with Gasteiger partial charge in [-0.3, -0.25) is 0 Å². The lowest BCUT2D eigenvalue weighted by Gasteiger charge is -2.25. The highest BCUT2D eigenvalue weighted by molar-refractivity contribution is 5.77. The van der Waals surface area contributed by atoms with Crippen LogP contribution in [-0.4, -0.2) is 33.9 Å². The fourth-order valence-corrected chi connectivity index (χ4v) is 5.06. The van der Waals surface area contributed by atoms with Crippen molar-refractivity contribution in [2.45, 2.75) is 25.8 Å². The summed E-state index contributed by atoms with van der Waals surface area (Å²) in [7, 11) is 0. The Morgan fingerprint density at radius 2 is 1.41 bits per heavy atom. The third kappa shape index (κ3) is 3.51. The maximum atomic E-state index is 3.72. The Hall–Kier alpha value is -3.37. The van der Waals surface area contributed by atoms with Crippen molar-refractivity contribution in [3.8, 4) is 22.4 Å². The molecule has 1 N–H and O–H groups in total. The second kappa shape index (κ2) is 8.29. The zero-order chi connectivity index (χ0) is 21.3. The molecule has 5 aromatic rings. The molecule has 3 heterocycles. The Morgan fingerprint density at radius 1 is 0.719 bits per heavy atom. The molecule has 32 heavy (non-hydrogen) atoms. The summed E-state index contributed by atoms with van der Waals surface area (Å²) < 4.78 is 4.76. The van der Waals surface area contributed by atoms with Crippen molar-refractivity contribution < 1.29 is 4.57 Å². The SMILES string of the molecule is c1ccc(-c2ccc(-c3cn4c5ccccc5[n+](CCN5CCCCC5)c4[nH]3)cc2)cc1.